The van der Waals surface area contributed by atoms with E-state index in [-0.39, 0.29) is 48.9 Å². The quantitative estimate of drug-likeness (QED) is 0.447. The zero-order valence-electron chi connectivity index (χ0n) is 25.0. The molecule has 2 bridgehead atoms. The Balaban J connectivity index is 1.36. The summed E-state index contributed by atoms with van der Waals surface area (Å²) in [5, 5.41) is 0. The number of carbonyl (C=O) groups is 4. The van der Waals surface area contributed by atoms with Crippen LogP contribution in [0.1, 0.15) is 50.2 Å². The van der Waals surface area contributed by atoms with Gasteiger partial charge >= 0.3 is 0 Å². The van der Waals surface area contributed by atoms with Crippen LogP contribution < -0.4 is 0 Å². The largest absolute Gasteiger partial charge is 0.376 e. The average molecular weight is 595 g/mol. The Hall–Kier alpha value is -3.62. The minimum absolute atomic E-state index is 0.182. The predicted molar refractivity (Wildman–Crippen MR) is 161 cm³/mol. The van der Waals surface area contributed by atoms with E-state index in [0.717, 1.165) is 48.0 Å². The molecule has 0 spiro atoms. The van der Waals surface area contributed by atoms with Gasteiger partial charge in [0.15, 0.2) is 0 Å². The highest BCUT2D eigenvalue weighted by atomic mass is 16.5. The van der Waals surface area contributed by atoms with Crippen LogP contribution >= 0.6 is 0 Å². The SMILES string of the molecule is CCC12C(c3ccccc3)=C(c3ccccc3)C([C@H]3C(=O)N(C[C@@H]4CCCO4)C(=O)[C@@H]31)[C@@H]1C(=O)N(C[C@@H]3CCCO3)C(=O)[C@H]12. The Morgan fingerprint density at radius 1 is 0.659 bits per heavy atom. The summed E-state index contributed by atoms with van der Waals surface area (Å²) in [5.41, 5.74) is 2.71. The summed E-state index contributed by atoms with van der Waals surface area (Å²) in [5.74, 6) is -4.39. The van der Waals surface area contributed by atoms with Gasteiger partial charge in [0.1, 0.15) is 0 Å². The number of allylic oxidation sites excluding steroid dienone is 2. The van der Waals surface area contributed by atoms with Crippen molar-refractivity contribution in [2.75, 3.05) is 26.3 Å². The maximum atomic E-state index is 14.6. The molecule has 9 rings (SSSR count). The van der Waals surface area contributed by atoms with Crippen molar-refractivity contribution < 1.29 is 28.7 Å². The maximum Gasteiger partial charge on any atom is 0.234 e. The monoisotopic (exact) mass is 594 g/mol. The van der Waals surface area contributed by atoms with Gasteiger partial charge in [-0.2, -0.15) is 0 Å². The van der Waals surface area contributed by atoms with Gasteiger partial charge in [-0.05, 0) is 54.4 Å². The van der Waals surface area contributed by atoms with Gasteiger partial charge < -0.3 is 9.47 Å². The lowest BCUT2D eigenvalue weighted by Gasteiger charge is -2.59. The number of imide groups is 2. The van der Waals surface area contributed by atoms with Crippen molar-refractivity contribution in [3.05, 3.63) is 71.8 Å². The van der Waals surface area contributed by atoms with Crippen molar-refractivity contribution in [1.29, 1.82) is 0 Å². The summed E-state index contributed by atoms with van der Waals surface area (Å²) >= 11 is 0. The highest BCUT2D eigenvalue weighted by Gasteiger charge is 2.77. The van der Waals surface area contributed by atoms with Crippen LogP contribution in [0.5, 0.6) is 0 Å². The zero-order valence-corrected chi connectivity index (χ0v) is 25.0. The van der Waals surface area contributed by atoms with Crippen LogP contribution in [-0.2, 0) is 28.7 Å². The Morgan fingerprint density at radius 2 is 1.14 bits per heavy atom. The van der Waals surface area contributed by atoms with E-state index in [0.29, 0.717) is 19.6 Å². The number of ether oxygens (including phenoxy) is 2. The second kappa shape index (κ2) is 10.5. The van der Waals surface area contributed by atoms with E-state index in [2.05, 4.69) is 0 Å². The van der Waals surface area contributed by atoms with Crippen LogP contribution in [0.3, 0.4) is 0 Å². The number of hydrogen-bond acceptors (Lipinski definition) is 6. The summed E-state index contributed by atoms with van der Waals surface area (Å²) in [6, 6.07) is 19.9. The average Bonchev–Trinajstić information content (AvgIpc) is 3.86. The fourth-order valence-electron chi connectivity index (χ4n) is 9.76. The van der Waals surface area contributed by atoms with Crippen molar-refractivity contribution in [2.24, 2.45) is 35.0 Å². The van der Waals surface area contributed by atoms with Crippen LogP contribution in [0.15, 0.2) is 60.7 Å². The van der Waals surface area contributed by atoms with Crippen molar-refractivity contribution in [3.8, 4) is 0 Å². The fourth-order valence-corrected chi connectivity index (χ4v) is 9.76. The van der Waals surface area contributed by atoms with Gasteiger partial charge in [0, 0.05) is 24.5 Å². The third-order valence-corrected chi connectivity index (χ3v) is 11.4. The van der Waals surface area contributed by atoms with Crippen LogP contribution in [0.2, 0.25) is 0 Å². The number of benzene rings is 2. The molecule has 5 fully saturated rings. The van der Waals surface area contributed by atoms with E-state index >= 15 is 0 Å². The first-order valence-corrected chi connectivity index (χ1v) is 16.3. The lowest BCUT2D eigenvalue weighted by atomic mass is 9.40. The molecule has 228 valence electrons. The van der Waals surface area contributed by atoms with E-state index in [1.165, 1.54) is 9.80 Å². The van der Waals surface area contributed by atoms with Gasteiger partial charge in [-0.3, -0.25) is 29.0 Å². The van der Waals surface area contributed by atoms with Gasteiger partial charge in [0.25, 0.3) is 0 Å². The lowest BCUT2D eigenvalue weighted by Crippen LogP contribution is -2.60. The molecule has 0 aromatic heterocycles. The van der Waals surface area contributed by atoms with Gasteiger partial charge in [-0.25, -0.2) is 0 Å². The number of hydrogen-bond donors (Lipinski definition) is 0. The topological polar surface area (TPSA) is 93.2 Å². The van der Waals surface area contributed by atoms with E-state index in [1.807, 2.05) is 67.6 Å². The fraction of sp³-hybridized carbons (Fsp3) is 0.500. The van der Waals surface area contributed by atoms with Gasteiger partial charge in [-0.15, -0.1) is 0 Å². The minimum Gasteiger partial charge on any atom is -0.376 e. The molecule has 8 atom stereocenters. The molecular weight excluding hydrogens is 556 g/mol. The van der Waals surface area contributed by atoms with E-state index in [9.17, 15) is 19.2 Å². The lowest BCUT2D eigenvalue weighted by molar-refractivity contribution is -0.146. The molecule has 2 unspecified atom stereocenters. The molecule has 1 saturated carbocycles. The normalized spacial score (nSPS) is 36.2. The second-order valence-corrected chi connectivity index (χ2v) is 13.3. The molecule has 0 radical (unpaired) electrons. The summed E-state index contributed by atoms with van der Waals surface area (Å²) < 4.78 is 11.7. The van der Waals surface area contributed by atoms with Gasteiger partial charge in [0.2, 0.25) is 23.6 Å². The number of nitrogens with zero attached hydrogens (tertiary/aromatic N) is 2. The summed E-state index contributed by atoms with van der Waals surface area (Å²) in [7, 11) is 0. The molecule has 3 aliphatic carbocycles. The van der Waals surface area contributed by atoms with Crippen LogP contribution in [0.25, 0.3) is 11.1 Å². The third-order valence-electron chi connectivity index (χ3n) is 11.4. The second-order valence-electron chi connectivity index (χ2n) is 13.3. The molecule has 8 heteroatoms. The van der Waals surface area contributed by atoms with Crippen LogP contribution in [0.4, 0.5) is 0 Å². The molecule has 4 heterocycles. The standard InChI is InChI=1S/C36H38N2O6/c1-2-36-29(22-13-7-4-8-14-22)25(21-11-5-3-6-12-21)26(27-30(36)34(41)37(32(27)39)19-23-15-9-17-43-23)28-31(36)35(42)38(33(28)40)20-24-16-10-18-44-24/h3-8,11-14,23-24,26-28,30-31H,2,9-10,15-20H2,1H3/t23-,24-,26?,27-,28+,30-,31+,36?/m0/s1. The maximum absolute atomic E-state index is 14.6. The van der Waals surface area contributed by atoms with E-state index in [4.69, 9.17) is 9.47 Å². The van der Waals surface area contributed by atoms with E-state index < -0.39 is 35.0 Å². The van der Waals surface area contributed by atoms with Crippen molar-refractivity contribution in [2.45, 2.75) is 51.2 Å². The Bertz CT molecular complexity index is 1480. The Morgan fingerprint density at radius 3 is 1.57 bits per heavy atom. The zero-order chi connectivity index (χ0) is 30.2. The van der Waals surface area contributed by atoms with Gasteiger partial charge in [-0.1, -0.05) is 67.6 Å². The molecule has 4 saturated heterocycles. The minimum atomic E-state index is -1.04. The molecule has 2 aromatic rings. The highest BCUT2D eigenvalue weighted by Crippen LogP contribution is 2.73. The number of carbonyl (C=O) groups excluding carboxylic acids is 4. The third kappa shape index (κ3) is 3.76. The molecule has 4 amide bonds. The summed E-state index contributed by atoms with van der Waals surface area (Å²) in [4.78, 5) is 61.2. The number of rotatable bonds is 7. The van der Waals surface area contributed by atoms with Crippen LogP contribution in [-0.4, -0.2) is 71.9 Å². The summed E-state index contributed by atoms with van der Waals surface area (Å²) in [6.45, 7) is 3.72. The predicted octanol–water partition coefficient (Wildman–Crippen LogP) is 4.20. The molecular formula is C36H38N2O6. The van der Waals surface area contributed by atoms with Crippen molar-refractivity contribution in [1.82, 2.24) is 9.80 Å². The smallest absolute Gasteiger partial charge is 0.234 e. The Kier molecular flexibility index (Phi) is 6.65. The first kappa shape index (κ1) is 27.9. The van der Waals surface area contributed by atoms with Crippen LogP contribution in [0, 0.1) is 35.0 Å². The Labute approximate surface area is 257 Å². The number of amides is 4. The van der Waals surface area contributed by atoms with Crippen molar-refractivity contribution in [3.63, 3.8) is 0 Å². The molecule has 2 aromatic carbocycles. The molecule has 44 heavy (non-hydrogen) atoms. The molecule has 8 nitrogen and oxygen atoms in total. The molecule has 4 aliphatic heterocycles. The first-order chi connectivity index (χ1) is 21.5. The first-order valence-electron chi connectivity index (χ1n) is 16.3. The summed E-state index contributed by atoms with van der Waals surface area (Å²) in [6.07, 6.45) is 3.50. The molecule has 0 N–H and O–H groups in total. The number of likely N-dealkylation sites (tertiary alicyclic amines) is 2. The molecule has 7 aliphatic rings. The highest BCUT2D eigenvalue weighted by molar-refractivity contribution is 6.17. The van der Waals surface area contributed by atoms with Crippen molar-refractivity contribution >= 4 is 34.8 Å². The van der Waals surface area contributed by atoms with E-state index in [1.54, 1.807) is 0 Å². The van der Waals surface area contributed by atoms with Gasteiger partial charge in [0.05, 0.1) is 49.0 Å².